The molecule has 5 rings (SSSR count). The number of aromatic nitrogens is 4. The summed E-state index contributed by atoms with van der Waals surface area (Å²) in [6.45, 7) is 3.86. The summed E-state index contributed by atoms with van der Waals surface area (Å²) in [5.41, 5.74) is 2.84. The minimum absolute atomic E-state index is 0.103. The molecule has 0 saturated heterocycles. The number of amides is 1. The van der Waals surface area contributed by atoms with Gasteiger partial charge in [0.05, 0.1) is 28.0 Å². The van der Waals surface area contributed by atoms with Crippen LogP contribution in [0.1, 0.15) is 11.1 Å². The Bertz CT molecular complexity index is 1680. The standard InChI is InChI=1S/C25H19F2N5O2S/c1-14-7-8-15(2)21(11-14)31-23(34)17-5-3-4-6-20(17)32-24(31)29-30-25(32)35-13-22(33)28-19-10-9-16(26)12-18(19)27/h3-12H,13H2,1-2H3,(H,28,33). The Kier molecular flexibility index (Phi) is 5.81. The van der Waals surface area contributed by atoms with Gasteiger partial charge in [0.25, 0.3) is 5.56 Å². The molecule has 1 amide bonds. The first-order valence-electron chi connectivity index (χ1n) is 10.7. The minimum Gasteiger partial charge on any atom is -0.323 e. The normalized spacial score (nSPS) is 11.3. The third-order valence-electron chi connectivity index (χ3n) is 5.54. The number of hydrogen-bond donors (Lipinski definition) is 1. The van der Waals surface area contributed by atoms with Crippen molar-refractivity contribution in [3.63, 3.8) is 0 Å². The van der Waals surface area contributed by atoms with E-state index in [2.05, 4.69) is 15.5 Å². The highest BCUT2D eigenvalue weighted by Crippen LogP contribution is 2.25. The molecule has 5 aromatic rings. The number of benzene rings is 3. The fourth-order valence-corrected chi connectivity index (χ4v) is 4.60. The highest BCUT2D eigenvalue weighted by molar-refractivity contribution is 7.99. The lowest BCUT2D eigenvalue weighted by atomic mass is 10.1. The van der Waals surface area contributed by atoms with E-state index in [4.69, 9.17) is 0 Å². The molecule has 0 aliphatic carbocycles. The van der Waals surface area contributed by atoms with Crippen LogP contribution in [0.5, 0.6) is 0 Å². The van der Waals surface area contributed by atoms with E-state index >= 15 is 0 Å². The summed E-state index contributed by atoms with van der Waals surface area (Å²) < 4.78 is 30.3. The van der Waals surface area contributed by atoms with Crippen molar-refractivity contribution in [2.45, 2.75) is 19.0 Å². The van der Waals surface area contributed by atoms with Gasteiger partial charge in [-0.15, -0.1) is 10.2 Å². The van der Waals surface area contributed by atoms with Gasteiger partial charge in [0.2, 0.25) is 11.7 Å². The summed E-state index contributed by atoms with van der Waals surface area (Å²) in [5.74, 6) is -1.88. The molecule has 0 bridgehead atoms. The minimum atomic E-state index is -0.861. The Morgan fingerprint density at radius 1 is 1.03 bits per heavy atom. The van der Waals surface area contributed by atoms with Crippen molar-refractivity contribution < 1.29 is 13.6 Å². The van der Waals surface area contributed by atoms with Crippen molar-refractivity contribution in [2.75, 3.05) is 11.1 Å². The lowest BCUT2D eigenvalue weighted by Gasteiger charge is -2.14. The van der Waals surface area contributed by atoms with Gasteiger partial charge in [0.1, 0.15) is 11.6 Å². The quantitative estimate of drug-likeness (QED) is 0.362. The van der Waals surface area contributed by atoms with Gasteiger partial charge in [-0.2, -0.15) is 0 Å². The number of hydrogen-bond acceptors (Lipinski definition) is 5. The van der Waals surface area contributed by atoms with E-state index in [1.54, 1.807) is 22.6 Å². The zero-order valence-electron chi connectivity index (χ0n) is 18.8. The predicted molar refractivity (Wildman–Crippen MR) is 131 cm³/mol. The average molecular weight is 492 g/mol. The van der Waals surface area contributed by atoms with Gasteiger partial charge in [-0.05, 0) is 55.3 Å². The van der Waals surface area contributed by atoms with Crippen molar-refractivity contribution in [3.05, 3.63) is 93.8 Å². The largest absolute Gasteiger partial charge is 0.323 e. The lowest BCUT2D eigenvalue weighted by Crippen LogP contribution is -2.22. The number of aryl methyl sites for hydroxylation is 2. The van der Waals surface area contributed by atoms with Gasteiger partial charge in [0, 0.05) is 6.07 Å². The zero-order valence-corrected chi connectivity index (χ0v) is 19.6. The molecule has 0 atom stereocenters. The molecule has 2 aromatic heterocycles. The number of thioether (sulfide) groups is 1. The summed E-state index contributed by atoms with van der Waals surface area (Å²) in [4.78, 5) is 26.0. The third-order valence-corrected chi connectivity index (χ3v) is 6.47. The molecule has 0 unspecified atom stereocenters. The van der Waals surface area contributed by atoms with E-state index < -0.39 is 17.5 Å². The Hall–Kier alpha value is -4.05. The van der Waals surface area contributed by atoms with Gasteiger partial charge in [-0.1, -0.05) is 36.0 Å². The van der Waals surface area contributed by atoms with Crippen molar-refractivity contribution in [1.82, 2.24) is 19.2 Å². The molecule has 1 N–H and O–H groups in total. The van der Waals surface area contributed by atoms with Gasteiger partial charge in [-0.3, -0.25) is 14.0 Å². The highest BCUT2D eigenvalue weighted by Gasteiger charge is 2.20. The molecule has 0 saturated carbocycles. The van der Waals surface area contributed by atoms with E-state index in [1.165, 1.54) is 4.57 Å². The van der Waals surface area contributed by atoms with Crippen LogP contribution in [0, 0.1) is 25.5 Å². The van der Waals surface area contributed by atoms with Gasteiger partial charge in [0.15, 0.2) is 5.16 Å². The summed E-state index contributed by atoms with van der Waals surface area (Å²) in [7, 11) is 0. The molecule has 7 nitrogen and oxygen atoms in total. The van der Waals surface area contributed by atoms with Crippen LogP contribution in [-0.2, 0) is 4.79 Å². The molecule has 2 heterocycles. The highest BCUT2D eigenvalue weighted by atomic mass is 32.2. The van der Waals surface area contributed by atoms with Crippen molar-refractivity contribution >= 4 is 40.0 Å². The Morgan fingerprint density at radius 3 is 2.63 bits per heavy atom. The number of carbonyl (C=O) groups excluding carboxylic acids is 1. The molecule has 0 radical (unpaired) electrons. The SMILES string of the molecule is Cc1ccc(C)c(-n2c(=O)c3ccccc3n3c(SCC(=O)Nc4ccc(F)cc4F)nnc23)c1. The second-order valence-corrected chi connectivity index (χ2v) is 8.97. The number of fused-ring (bicyclic) bond motifs is 3. The molecule has 176 valence electrons. The number of nitrogens with one attached hydrogen (secondary N) is 1. The second-order valence-electron chi connectivity index (χ2n) is 8.03. The lowest BCUT2D eigenvalue weighted by molar-refractivity contribution is -0.113. The van der Waals surface area contributed by atoms with Crippen molar-refractivity contribution in [1.29, 1.82) is 0 Å². The first kappa shape index (κ1) is 22.7. The van der Waals surface area contributed by atoms with Gasteiger partial charge < -0.3 is 5.32 Å². The maximum absolute atomic E-state index is 13.9. The maximum Gasteiger partial charge on any atom is 0.267 e. The van der Waals surface area contributed by atoms with Crippen LogP contribution in [0.2, 0.25) is 0 Å². The molecular formula is C25H19F2N5O2S. The number of nitrogens with zero attached hydrogens (tertiary/aromatic N) is 4. The zero-order chi connectivity index (χ0) is 24.7. The molecule has 0 aliphatic rings. The molecule has 0 fully saturated rings. The van der Waals surface area contributed by atoms with Crippen LogP contribution in [0.15, 0.2) is 70.6 Å². The molecule has 10 heteroatoms. The van der Waals surface area contributed by atoms with Crippen molar-refractivity contribution in [2.24, 2.45) is 0 Å². The molecule has 35 heavy (non-hydrogen) atoms. The molecule has 3 aromatic carbocycles. The number of rotatable bonds is 5. The molecular weight excluding hydrogens is 472 g/mol. The Balaban J connectivity index is 1.56. The van der Waals surface area contributed by atoms with Crippen LogP contribution in [0.3, 0.4) is 0 Å². The first-order chi connectivity index (χ1) is 16.8. The van der Waals surface area contributed by atoms with E-state index in [1.807, 2.05) is 38.1 Å². The fourth-order valence-electron chi connectivity index (χ4n) is 3.86. The molecule has 0 spiro atoms. The summed E-state index contributed by atoms with van der Waals surface area (Å²) in [5, 5.41) is 11.8. The van der Waals surface area contributed by atoms with Crippen LogP contribution >= 0.6 is 11.8 Å². The number of para-hydroxylation sites is 1. The maximum atomic E-state index is 13.9. The predicted octanol–water partition coefficient (Wildman–Crippen LogP) is 4.66. The van der Waals surface area contributed by atoms with E-state index in [9.17, 15) is 18.4 Å². The van der Waals surface area contributed by atoms with E-state index in [0.29, 0.717) is 33.6 Å². The van der Waals surface area contributed by atoms with Crippen molar-refractivity contribution in [3.8, 4) is 5.69 Å². The van der Waals surface area contributed by atoms with Crippen LogP contribution in [0.4, 0.5) is 14.5 Å². The van der Waals surface area contributed by atoms with Crippen LogP contribution in [-0.4, -0.2) is 30.8 Å². The first-order valence-corrected chi connectivity index (χ1v) is 11.7. The molecule has 0 aliphatic heterocycles. The van der Waals surface area contributed by atoms with Gasteiger partial charge >= 0.3 is 0 Å². The van der Waals surface area contributed by atoms with Gasteiger partial charge in [-0.25, -0.2) is 13.3 Å². The monoisotopic (exact) mass is 491 g/mol. The summed E-state index contributed by atoms with van der Waals surface area (Å²) in [6, 6.07) is 15.9. The number of carbonyl (C=O) groups is 1. The van der Waals surface area contributed by atoms with E-state index in [-0.39, 0.29) is 17.0 Å². The van der Waals surface area contributed by atoms with E-state index in [0.717, 1.165) is 35.0 Å². The third kappa shape index (κ3) is 4.17. The number of halogens is 2. The van der Waals surface area contributed by atoms with Crippen LogP contribution in [0.25, 0.3) is 22.4 Å². The second kappa shape index (κ2) is 8.95. The topological polar surface area (TPSA) is 81.3 Å². The smallest absolute Gasteiger partial charge is 0.267 e. The van der Waals surface area contributed by atoms with Crippen LogP contribution < -0.4 is 10.9 Å². The Morgan fingerprint density at radius 2 is 1.83 bits per heavy atom. The Labute approximate surface area is 202 Å². The fraction of sp³-hybridized carbons (Fsp3) is 0.120. The summed E-state index contributed by atoms with van der Waals surface area (Å²) in [6.07, 6.45) is 0. The average Bonchev–Trinajstić information content (AvgIpc) is 3.26. The number of anilines is 1. The summed E-state index contributed by atoms with van der Waals surface area (Å²) >= 11 is 1.09.